The largest absolute Gasteiger partial charge is 0.662 e. The lowest BCUT2D eigenvalue weighted by molar-refractivity contribution is -0.0777. The van der Waals surface area contributed by atoms with Crippen LogP contribution in [0.4, 0.5) is 0 Å². The van der Waals surface area contributed by atoms with Crippen LogP contribution in [-0.4, -0.2) is 74.7 Å². The maximum atomic E-state index is 6.87. The third-order valence-electron chi connectivity index (χ3n) is 4.19. The van der Waals surface area contributed by atoms with Crippen molar-refractivity contribution in [2.45, 2.75) is 158 Å². The monoisotopic (exact) mass is 676 g/mol. The third-order valence-corrected chi connectivity index (χ3v) is 27.4. The molecule has 0 amide bonds. The molecule has 1 fully saturated rings. The molecular formula is C24H60O10Si6. The molecule has 1 heterocycles. The van der Waals surface area contributed by atoms with Crippen LogP contribution in [0.25, 0.3) is 0 Å². The highest BCUT2D eigenvalue weighted by Gasteiger charge is 2.64. The van der Waals surface area contributed by atoms with Gasteiger partial charge in [-0.1, -0.05) is 0 Å². The highest BCUT2D eigenvalue weighted by molar-refractivity contribution is 6.90. The van der Waals surface area contributed by atoms with Crippen molar-refractivity contribution in [3.63, 3.8) is 0 Å². The molecule has 0 aromatic rings. The molecule has 1 rings (SSSR count). The van der Waals surface area contributed by atoms with Crippen LogP contribution in [-0.2, 0) is 42.4 Å². The second kappa shape index (κ2) is 12.0. The Bertz CT molecular complexity index is 716. The SMILES string of the molecule is CC(C)(C)O[Si]1(OC(C)(C)C)O[Si](C)(C)O[Si](C)(C)O[Si](OC(C)(C)C)(OC(C)(C)C)O[Si](C)(C)O[Si](C)(C)O1. The molecule has 0 aliphatic carbocycles. The van der Waals surface area contributed by atoms with E-state index >= 15 is 0 Å². The Morgan fingerprint density at radius 1 is 0.300 bits per heavy atom. The summed E-state index contributed by atoms with van der Waals surface area (Å²) in [4.78, 5) is 0. The Kier molecular flexibility index (Phi) is 11.7. The lowest BCUT2D eigenvalue weighted by atomic mass is 10.2. The van der Waals surface area contributed by atoms with Crippen LogP contribution in [0.15, 0.2) is 0 Å². The average molecular weight is 677 g/mol. The molecular weight excluding hydrogens is 617 g/mol. The minimum atomic E-state index is -3.88. The van der Waals surface area contributed by atoms with E-state index in [2.05, 4.69) is 0 Å². The molecule has 0 atom stereocenters. The van der Waals surface area contributed by atoms with Crippen LogP contribution in [0.5, 0.6) is 0 Å². The van der Waals surface area contributed by atoms with Crippen molar-refractivity contribution in [3.05, 3.63) is 0 Å². The van der Waals surface area contributed by atoms with Gasteiger partial charge in [-0.05, 0) is 135 Å². The first-order valence-corrected chi connectivity index (χ1v) is 28.6. The van der Waals surface area contributed by atoms with E-state index < -0.39 is 74.7 Å². The van der Waals surface area contributed by atoms with Crippen LogP contribution in [0.2, 0.25) is 52.4 Å². The fourth-order valence-electron chi connectivity index (χ4n) is 4.22. The molecule has 10 nitrogen and oxygen atoms in total. The van der Waals surface area contributed by atoms with Crippen LogP contribution in [0.1, 0.15) is 83.1 Å². The van der Waals surface area contributed by atoms with Crippen molar-refractivity contribution >= 4 is 52.3 Å². The zero-order chi connectivity index (χ0) is 32.1. The van der Waals surface area contributed by atoms with Gasteiger partial charge in [-0.2, -0.15) is 0 Å². The van der Waals surface area contributed by atoms with Gasteiger partial charge in [0.05, 0.1) is 22.4 Å². The van der Waals surface area contributed by atoms with Crippen molar-refractivity contribution in [1.82, 2.24) is 0 Å². The van der Waals surface area contributed by atoms with E-state index in [0.717, 1.165) is 0 Å². The smallest absolute Gasteiger partial charge is 0.416 e. The summed E-state index contributed by atoms with van der Waals surface area (Å²) in [5.41, 5.74) is -2.50. The van der Waals surface area contributed by atoms with Crippen molar-refractivity contribution in [2.75, 3.05) is 0 Å². The molecule has 0 bridgehead atoms. The topological polar surface area (TPSA) is 92.3 Å². The Morgan fingerprint density at radius 2 is 0.450 bits per heavy atom. The van der Waals surface area contributed by atoms with E-state index in [1.165, 1.54) is 0 Å². The highest BCUT2D eigenvalue weighted by atomic mass is 28.5. The molecule has 1 aliphatic heterocycles. The number of hydrogen-bond donors (Lipinski definition) is 0. The first-order chi connectivity index (χ1) is 17.1. The summed E-state index contributed by atoms with van der Waals surface area (Å²) in [6.07, 6.45) is 0. The minimum Gasteiger partial charge on any atom is -0.416 e. The zero-order valence-electron chi connectivity index (χ0n) is 29.1. The Balaban J connectivity index is 3.91. The summed E-state index contributed by atoms with van der Waals surface area (Å²) < 4.78 is 67.6. The summed E-state index contributed by atoms with van der Waals surface area (Å²) in [5, 5.41) is 0. The third kappa shape index (κ3) is 15.1. The molecule has 40 heavy (non-hydrogen) atoms. The summed E-state index contributed by atoms with van der Waals surface area (Å²) in [6, 6.07) is 0. The minimum absolute atomic E-state index is 0.625. The van der Waals surface area contributed by atoms with Gasteiger partial charge in [0.1, 0.15) is 0 Å². The standard InChI is InChI=1S/C24H60O10Si6/c1-21(2,3)25-39(26-22(4,5)6)31-35(13,14)29-37(17,18)33-40(27-23(7,8)9,28-24(10,11)12)34-38(19,20)30-36(15,16)32-39/h1-20H3. The Morgan fingerprint density at radius 3 is 0.575 bits per heavy atom. The van der Waals surface area contributed by atoms with Crippen LogP contribution in [0, 0.1) is 0 Å². The molecule has 0 saturated carbocycles. The molecule has 1 saturated heterocycles. The quantitative estimate of drug-likeness (QED) is 0.289. The van der Waals surface area contributed by atoms with E-state index in [1.807, 2.05) is 135 Å². The summed E-state index contributed by atoms with van der Waals surface area (Å²) in [6.45, 7) is 39.1. The molecule has 16 heteroatoms. The molecule has 0 radical (unpaired) electrons. The maximum Gasteiger partial charge on any atom is 0.662 e. The van der Waals surface area contributed by atoms with Gasteiger partial charge in [-0.3, -0.25) is 0 Å². The first-order valence-electron chi connectivity index (χ1n) is 14.1. The highest BCUT2D eigenvalue weighted by Crippen LogP contribution is 2.38. The van der Waals surface area contributed by atoms with Gasteiger partial charge in [-0.15, -0.1) is 0 Å². The molecule has 0 unspecified atom stereocenters. The zero-order valence-corrected chi connectivity index (χ0v) is 35.1. The van der Waals surface area contributed by atoms with Gasteiger partial charge < -0.3 is 42.4 Å². The molecule has 0 aromatic heterocycles. The van der Waals surface area contributed by atoms with Crippen LogP contribution in [0.3, 0.4) is 0 Å². The predicted octanol–water partition coefficient (Wildman–Crippen LogP) is 7.04. The van der Waals surface area contributed by atoms with Gasteiger partial charge in [0.15, 0.2) is 0 Å². The van der Waals surface area contributed by atoms with Gasteiger partial charge in [0, 0.05) is 0 Å². The molecule has 0 aromatic carbocycles. The number of hydrogen-bond acceptors (Lipinski definition) is 10. The second-order valence-electron chi connectivity index (χ2n) is 16.1. The average Bonchev–Trinajstić information content (AvgIpc) is 2.38. The van der Waals surface area contributed by atoms with Gasteiger partial charge in [-0.25, -0.2) is 0 Å². The Hall–Kier alpha value is 0.901. The molecule has 0 spiro atoms. The fourth-order valence-corrected chi connectivity index (χ4v) is 31.0. The maximum absolute atomic E-state index is 6.87. The van der Waals surface area contributed by atoms with Gasteiger partial charge >= 0.3 is 52.3 Å². The van der Waals surface area contributed by atoms with E-state index in [1.54, 1.807) is 0 Å². The van der Waals surface area contributed by atoms with Crippen molar-refractivity contribution in [2.24, 2.45) is 0 Å². The van der Waals surface area contributed by atoms with Crippen molar-refractivity contribution in [1.29, 1.82) is 0 Å². The normalized spacial score (nSPS) is 25.5. The van der Waals surface area contributed by atoms with E-state index in [4.69, 9.17) is 42.4 Å². The summed E-state index contributed by atoms with van der Waals surface area (Å²) in [5.74, 6) is 0. The van der Waals surface area contributed by atoms with E-state index in [9.17, 15) is 0 Å². The fraction of sp³-hybridized carbons (Fsp3) is 1.00. The van der Waals surface area contributed by atoms with E-state index in [0.29, 0.717) is 0 Å². The molecule has 0 N–H and O–H groups in total. The molecule has 240 valence electrons. The number of rotatable bonds is 4. The lowest BCUT2D eigenvalue weighted by Gasteiger charge is -2.49. The van der Waals surface area contributed by atoms with E-state index in [-0.39, 0.29) is 0 Å². The van der Waals surface area contributed by atoms with Crippen molar-refractivity contribution < 1.29 is 42.4 Å². The van der Waals surface area contributed by atoms with Crippen LogP contribution >= 0.6 is 0 Å². The Labute approximate surface area is 252 Å². The first kappa shape index (κ1) is 38.9. The lowest BCUT2D eigenvalue weighted by Crippen LogP contribution is -2.71. The second-order valence-corrected chi connectivity index (χ2v) is 35.0. The van der Waals surface area contributed by atoms with Gasteiger partial charge in [0.25, 0.3) is 0 Å². The van der Waals surface area contributed by atoms with Crippen molar-refractivity contribution in [3.8, 4) is 0 Å². The van der Waals surface area contributed by atoms with Gasteiger partial charge in [0.2, 0.25) is 0 Å². The summed E-state index contributed by atoms with van der Waals surface area (Å²) >= 11 is 0. The summed E-state index contributed by atoms with van der Waals surface area (Å²) in [7, 11) is -20.0. The van der Waals surface area contributed by atoms with Crippen LogP contribution < -0.4 is 0 Å². The molecule has 1 aliphatic rings. The predicted molar refractivity (Wildman–Crippen MR) is 171 cm³/mol.